The van der Waals surface area contributed by atoms with Gasteiger partial charge in [-0.2, -0.15) is 0 Å². The number of ether oxygens (including phenoxy) is 1. The van der Waals surface area contributed by atoms with Crippen LogP contribution in [0.3, 0.4) is 0 Å². The molecule has 0 bridgehead atoms. The molecule has 2 saturated heterocycles. The molecule has 0 aliphatic carbocycles. The van der Waals surface area contributed by atoms with Crippen LogP contribution < -0.4 is 10.2 Å². The Kier molecular flexibility index (Phi) is 8.13. The van der Waals surface area contributed by atoms with E-state index in [9.17, 15) is 19.5 Å². The number of imidazole rings is 1. The zero-order chi connectivity index (χ0) is 26.0. The van der Waals surface area contributed by atoms with E-state index >= 15 is 0 Å². The van der Waals surface area contributed by atoms with Gasteiger partial charge in [-0.3, -0.25) is 9.59 Å². The lowest BCUT2D eigenvalue weighted by Gasteiger charge is -2.37. The highest BCUT2D eigenvalue weighted by Crippen LogP contribution is 2.30. The molecule has 196 valence electrons. The number of anilines is 1. The van der Waals surface area contributed by atoms with Gasteiger partial charge < -0.3 is 34.8 Å². The number of methoxy groups -OCH3 is 1. The number of hydrogen-bond acceptors (Lipinski definition) is 9. The minimum Gasteiger partial charge on any atom is -0.477 e. The minimum absolute atomic E-state index is 0.0297. The third-order valence-corrected chi connectivity index (χ3v) is 7.97. The van der Waals surface area contributed by atoms with Gasteiger partial charge in [-0.15, -0.1) is 0 Å². The number of nitrogens with one attached hydrogen (secondary N) is 2. The molecule has 3 N–H and O–H groups in total. The van der Waals surface area contributed by atoms with Gasteiger partial charge in [-0.25, -0.2) is 14.8 Å². The lowest BCUT2D eigenvalue weighted by molar-refractivity contribution is 0.0538. The second-order valence-electron chi connectivity index (χ2n) is 8.87. The van der Waals surface area contributed by atoms with E-state index in [0.29, 0.717) is 49.8 Å². The zero-order valence-electron chi connectivity index (χ0n) is 20.4. The van der Waals surface area contributed by atoms with E-state index in [-0.39, 0.29) is 45.5 Å². The first-order chi connectivity index (χ1) is 17.2. The average molecular weight is 540 g/mol. The van der Waals surface area contributed by atoms with Crippen LogP contribution in [0.1, 0.15) is 49.8 Å². The number of H-pyrrole nitrogens is 1. The highest BCUT2D eigenvalue weighted by atomic mass is 35.5. The molecule has 36 heavy (non-hydrogen) atoms. The van der Waals surface area contributed by atoms with Crippen molar-refractivity contribution in [2.75, 3.05) is 58.3 Å². The van der Waals surface area contributed by atoms with E-state index in [2.05, 4.69) is 25.2 Å². The third kappa shape index (κ3) is 5.48. The molecule has 2 atom stereocenters. The summed E-state index contributed by atoms with van der Waals surface area (Å²) in [5, 5.41) is 13.4. The number of amides is 2. The summed E-state index contributed by atoms with van der Waals surface area (Å²) >= 11 is 7.04. The van der Waals surface area contributed by atoms with Crippen molar-refractivity contribution in [1.29, 1.82) is 0 Å². The molecule has 12 nitrogen and oxygen atoms in total. The van der Waals surface area contributed by atoms with Crippen LogP contribution in [0, 0.1) is 0 Å². The molecule has 2 aliphatic heterocycles. The summed E-state index contributed by atoms with van der Waals surface area (Å²) in [6, 6.07) is -0.293. The van der Waals surface area contributed by atoms with Crippen molar-refractivity contribution in [3.8, 4) is 0 Å². The summed E-state index contributed by atoms with van der Waals surface area (Å²) in [4.78, 5) is 54.8. The number of aryl methyl sites for hydroxylation is 1. The highest BCUT2D eigenvalue weighted by molar-refractivity contribution is 7.17. The topological polar surface area (TPSA) is 144 Å². The Labute approximate surface area is 217 Å². The Morgan fingerprint density at radius 3 is 2.56 bits per heavy atom. The van der Waals surface area contributed by atoms with Crippen molar-refractivity contribution in [3.63, 3.8) is 0 Å². The summed E-state index contributed by atoms with van der Waals surface area (Å²) in [6.45, 7) is 5.29. The Bertz CT molecular complexity index is 1130. The predicted octanol–water partition coefficient (Wildman–Crippen LogP) is 1.19. The standard InChI is InChI=1S/C22H30ClN7O5S/c1-4-12-17(23)27-18(24-12)19(31)25-13-5-6-30(11-14(13)35-3)22-26-15(16(36-22)21(33)34)20(32)29-9-7-28(2)8-10-29/h13-14H,4-11H2,1-3H3,(H,24,27)(H,25,31)(H,33,34)/t13?,14-/m0/s1. The number of piperidine rings is 1. The Morgan fingerprint density at radius 2 is 1.94 bits per heavy atom. The quantitative estimate of drug-likeness (QED) is 0.472. The van der Waals surface area contributed by atoms with Gasteiger partial charge >= 0.3 is 5.97 Å². The number of nitrogens with zero attached hydrogens (tertiary/aromatic N) is 5. The number of carboxylic acids is 1. The van der Waals surface area contributed by atoms with Crippen LogP contribution in [0.4, 0.5) is 5.13 Å². The van der Waals surface area contributed by atoms with Gasteiger partial charge in [0.15, 0.2) is 21.8 Å². The van der Waals surface area contributed by atoms with Crippen LogP contribution in [0.2, 0.25) is 5.15 Å². The van der Waals surface area contributed by atoms with Gasteiger partial charge in [0.25, 0.3) is 11.8 Å². The van der Waals surface area contributed by atoms with Crippen LogP contribution in [-0.4, -0.2) is 113 Å². The number of carbonyl (C=O) groups is 3. The van der Waals surface area contributed by atoms with Gasteiger partial charge in [0, 0.05) is 46.4 Å². The molecule has 2 aliphatic rings. The molecular formula is C22H30ClN7O5S. The molecule has 2 aromatic heterocycles. The van der Waals surface area contributed by atoms with E-state index in [1.54, 1.807) is 12.0 Å². The third-order valence-electron chi connectivity index (χ3n) is 6.55. The maximum atomic E-state index is 13.1. The maximum absolute atomic E-state index is 13.1. The molecule has 0 aromatic carbocycles. The lowest BCUT2D eigenvalue weighted by atomic mass is 10.0. The summed E-state index contributed by atoms with van der Waals surface area (Å²) in [5.41, 5.74) is 0.665. The number of aromatic amines is 1. The average Bonchev–Trinajstić information content (AvgIpc) is 3.48. The first-order valence-electron chi connectivity index (χ1n) is 11.8. The molecule has 4 rings (SSSR count). The van der Waals surface area contributed by atoms with Crippen LogP contribution in [0.5, 0.6) is 0 Å². The number of aromatic carboxylic acids is 1. The fraction of sp³-hybridized carbons (Fsp3) is 0.591. The van der Waals surface area contributed by atoms with E-state index in [4.69, 9.17) is 16.3 Å². The number of carbonyl (C=O) groups excluding carboxylic acids is 2. The van der Waals surface area contributed by atoms with Gasteiger partial charge in [-0.05, 0) is 19.9 Å². The SMILES string of the molecule is CCc1[nH]c(C(=O)NC2CCN(c3nc(C(=O)N4CCN(C)CC4)c(C(=O)O)s3)C[C@@H]2OC)nc1Cl. The molecule has 2 aromatic rings. The largest absolute Gasteiger partial charge is 0.477 e. The molecule has 1 unspecified atom stereocenters. The summed E-state index contributed by atoms with van der Waals surface area (Å²) in [7, 11) is 3.54. The van der Waals surface area contributed by atoms with Gasteiger partial charge in [0.1, 0.15) is 4.88 Å². The van der Waals surface area contributed by atoms with E-state index in [1.165, 1.54) is 0 Å². The summed E-state index contributed by atoms with van der Waals surface area (Å²) < 4.78 is 5.65. The molecule has 2 amide bonds. The number of hydrogen-bond donors (Lipinski definition) is 3. The van der Waals surface area contributed by atoms with E-state index in [0.717, 1.165) is 24.4 Å². The van der Waals surface area contributed by atoms with Crippen molar-refractivity contribution in [3.05, 3.63) is 27.2 Å². The monoisotopic (exact) mass is 539 g/mol. The molecule has 2 fully saturated rings. The van der Waals surface area contributed by atoms with Crippen LogP contribution in [0.25, 0.3) is 0 Å². The number of thiazole rings is 1. The Balaban J connectivity index is 1.46. The van der Waals surface area contributed by atoms with Crippen molar-refractivity contribution in [2.24, 2.45) is 0 Å². The number of carboxylic acid groups (broad SMARTS) is 1. The van der Waals surface area contributed by atoms with Gasteiger partial charge in [0.2, 0.25) is 0 Å². The number of rotatable bonds is 7. The molecule has 0 saturated carbocycles. The number of aromatic nitrogens is 3. The molecular weight excluding hydrogens is 510 g/mol. The van der Waals surface area contributed by atoms with Crippen LogP contribution in [-0.2, 0) is 11.2 Å². The fourth-order valence-corrected chi connectivity index (χ4v) is 5.55. The van der Waals surface area contributed by atoms with E-state index < -0.39 is 5.97 Å². The van der Waals surface area contributed by atoms with Crippen molar-refractivity contribution >= 4 is 45.9 Å². The predicted molar refractivity (Wildman–Crippen MR) is 134 cm³/mol. The lowest BCUT2D eigenvalue weighted by Crippen LogP contribution is -2.55. The normalized spacial score (nSPS) is 21.0. The van der Waals surface area contributed by atoms with Gasteiger partial charge in [0.05, 0.1) is 17.8 Å². The summed E-state index contributed by atoms with van der Waals surface area (Å²) in [6.07, 6.45) is 0.778. The molecule has 14 heteroatoms. The fourth-order valence-electron chi connectivity index (χ4n) is 4.35. The molecule has 4 heterocycles. The second kappa shape index (κ2) is 11.1. The minimum atomic E-state index is -1.18. The zero-order valence-corrected chi connectivity index (χ0v) is 22.0. The Hall–Kier alpha value is -2.74. The number of likely N-dealkylation sites (N-methyl/N-ethyl adjacent to an activating group) is 1. The van der Waals surface area contributed by atoms with Crippen molar-refractivity contribution in [2.45, 2.75) is 31.9 Å². The maximum Gasteiger partial charge on any atom is 0.348 e. The molecule has 0 spiro atoms. The van der Waals surface area contributed by atoms with Crippen LogP contribution in [0.15, 0.2) is 0 Å². The number of halogens is 1. The second-order valence-corrected chi connectivity index (χ2v) is 10.2. The molecule has 0 radical (unpaired) electrons. The first-order valence-corrected chi connectivity index (χ1v) is 13.0. The summed E-state index contributed by atoms with van der Waals surface area (Å²) in [5.74, 6) is -1.77. The smallest absolute Gasteiger partial charge is 0.348 e. The van der Waals surface area contributed by atoms with Crippen LogP contribution >= 0.6 is 22.9 Å². The van der Waals surface area contributed by atoms with Crippen molar-refractivity contribution < 1.29 is 24.2 Å². The first kappa shape index (κ1) is 26.3. The Morgan fingerprint density at radius 1 is 1.22 bits per heavy atom. The number of piperazine rings is 1. The highest BCUT2D eigenvalue weighted by Gasteiger charge is 2.35. The van der Waals surface area contributed by atoms with Gasteiger partial charge in [-0.1, -0.05) is 29.9 Å². The van der Waals surface area contributed by atoms with E-state index in [1.807, 2.05) is 18.9 Å². The van der Waals surface area contributed by atoms with Crippen molar-refractivity contribution in [1.82, 2.24) is 30.1 Å².